The van der Waals surface area contributed by atoms with Gasteiger partial charge in [0.25, 0.3) is 0 Å². The molecule has 124 valence electrons. The highest BCUT2D eigenvalue weighted by atomic mass is 32.2. The Morgan fingerprint density at radius 2 is 1.71 bits per heavy atom. The van der Waals surface area contributed by atoms with E-state index in [1.165, 1.54) is 11.8 Å². The standard InChI is InChI=1S/C17H15NO4S2/c1-21-13-10-8-12(9-11-13)15-18-16(17(22-15)23-2)24(19,20)14-6-4-3-5-7-14/h3-11H,1-2H3. The van der Waals surface area contributed by atoms with Crippen LogP contribution in [0.25, 0.3) is 11.5 Å². The second kappa shape index (κ2) is 6.70. The third kappa shape index (κ3) is 3.05. The molecule has 0 aliphatic carbocycles. The monoisotopic (exact) mass is 361 g/mol. The number of rotatable bonds is 5. The van der Waals surface area contributed by atoms with E-state index in [2.05, 4.69) is 4.98 Å². The maximum Gasteiger partial charge on any atom is 0.228 e. The zero-order valence-corrected chi connectivity index (χ0v) is 14.7. The normalized spacial score (nSPS) is 11.4. The molecule has 0 radical (unpaired) electrons. The number of methoxy groups -OCH3 is 1. The van der Waals surface area contributed by atoms with Crippen molar-refractivity contribution in [2.45, 2.75) is 15.0 Å². The Morgan fingerprint density at radius 3 is 2.29 bits per heavy atom. The number of thioether (sulfide) groups is 1. The van der Waals surface area contributed by atoms with Crippen LogP contribution >= 0.6 is 11.8 Å². The Bertz CT molecular complexity index is 932. The summed E-state index contributed by atoms with van der Waals surface area (Å²) in [7, 11) is -2.15. The lowest BCUT2D eigenvalue weighted by Crippen LogP contribution is -2.03. The van der Waals surface area contributed by atoms with E-state index >= 15 is 0 Å². The predicted molar refractivity (Wildman–Crippen MR) is 92.2 cm³/mol. The molecule has 0 bridgehead atoms. The molecule has 7 heteroatoms. The summed E-state index contributed by atoms with van der Waals surface area (Å²) in [5.74, 6) is 0.962. The average molecular weight is 361 g/mol. The molecule has 5 nitrogen and oxygen atoms in total. The maximum atomic E-state index is 12.8. The quantitative estimate of drug-likeness (QED) is 0.642. The van der Waals surface area contributed by atoms with Crippen LogP contribution in [0.3, 0.4) is 0 Å². The molecule has 1 aromatic heterocycles. The van der Waals surface area contributed by atoms with Crippen LogP contribution in [-0.4, -0.2) is 26.8 Å². The summed E-state index contributed by atoms with van der Waals surface area (Å²) < 4.78 is 36.4. The first-order valence-corrected chi connectivity index (χ1v) is 9.76. The van der Waals surface area contributed by atoms with Crippen molar-refractivity contribution >= 4 is 21.6 Å². The Labute approximate surface area is 144 Å². The lowest BCUT2D eigenvalue weighted by atomic mass is 10.2. The number of hydrogen-bond acceptors (Lipinski definition) is 6. The molecule has 1 heterocycles. The molecule has 0 unspecified atom stereocenters. The fourth-order valence-electron chi connectivity index (χ4n) is 2.16. The van der Waals surface area contributed by atoms with Crippen LogP contribution in [0.4, 0.5) is 0 Å². The number of sulfone groups is 1. The molecular weight excluding hydrogens is 346 g/mol. The van der Waals surface area contributed by atoms with E-state index < -0.39 is 9.84 Å². The van der Waals surface area contributed by atoms with E-state index in [1.807, 2.05) is 0 Å². The second-order valence-electron chi connectivity index (χ2n) is 4.86. The highest BCUT2D eigenvalue weighted by Gasteiger charge is 2.27. The predicted octanol–water partition coefficient (Wildman–Crippen LogP) is 3.90. The molecule has 3 aromatic rings. The van der Waals surface area contributed by atoms with Crippen LogP contribution in [0, 0.1) is 0 Å². The number of oxazole rings is 1. The Morgan fingerprint density at radius 1 is 1.04 bits per heavy atom. The highest BCUT2D eigenvalue weighted by Crippen LogP contribution is 2.34. The molecule has 0 N–H and O–H groups in total. The van der Waals surface area contributed by atoms with Crippen LogP contribution in [-0.2, 0) is 9.84 Å². The van der Waals surface area contributed by atoms with Gasteiger partial charge in [0.05, 0.1) is 12.0 Å². The molecular formula is C17H15NO4S2. The molecule has 24 heavy (non-hydrogen) atoms. The van der Waals surface area contributed by atoms with Gasteiger partial charge >= 0.3 is 0 Å². The van der Waals surface area contributed by atoms with Gasteiger partial charge in [0.1, 0.15) is 5.75 Å². The van der Waals surface area contributed by atoms with Crippen LogP contribution in [0.2, 0.25) is 0 Å². The van der Waals surface area contributed by atoms with Gasteiger partial charge in [-0.3, -0.25) is 0 Å². The number of aromatic nitrogens is 1. The van der Waals surface area contributed by atoms with Gasteiger partial charge in [-0.25, -0.2) is 8.42 Å². The van der Waals surface area contributed by atoms with Crippen LogP contribution in [0.15, 0.2) is 74.0 Å². The molecule has 0 aliphatic rings. The maximum absolute atomic E-state index is 12.8. The van der Waals surface area contributed by atoms with Crippen molar-refractivity contribution in [2.24, 2.45) is 0 Å². The summed E-state index contributed by atoms with van der Waals surface area (Å²) in [4.78, 5) is 4.43. The van der Waals surface area contributed by atoms with Gasteiger partial charge in [0.15, 0.2) is 0 Å². The zero-order valence-electron chi connectivity index (χ0n) is 13.1. The minimum Gasteiger partial charge on any atom is -0.497 e. The van der Waals surface area contributed by atoms with Gasteiger partial charge in [-0.05, 0) is 42.7 Å². The lowest BCUT2D eigenvalue weighted by molar-refractivity contribution is 0.414. The van der Waals surface area contributed by atoms with E-state index in [0.717, 1.165) is 0 Å². The first-order valence-electron chi connectivity index (χ1n) is 7.05. The number of benzene rings is 2. The van der Waals surface area contributed by atoms with Gasteiger partial charge < -0.3 is 9.15 Å². The lowest BCUT2D eigenvalue weighted by Gasteiger charge is -2.01. The molecule has 2 aromatic carbocycles. The van der Waals surface area contributed by atoms with E-state index in [-0.39, 0.29) is 20.9 Å². The summed E-state index contributed by atoms with van der Waals surface area (Å²) in [6, 6.07) is 15.3. The number of ether oxygens (including phenoxy) is 1. The van der Waals surface area contributed by atoms with Crippen molar-refractivity contribution in [3.05, 3.63) is 54.6 Å². The first kappa shape index (κ1) is 16.6. The van der Waals surface area contributed by atoms with Gasteiger partial charge in [-0.15, -0.1) is 0 Å². The SMILES string of the molecule is COc1ccc(-c2nc(S(=O)(=O)c3ccccc3)c(SC)o2)cc1. The molecule has 0 aliphatic heterocycles. The van der Waals surface area contributed by atoms with Crippen LogP contribution in [0.1, 0.15) is 0 Å². The minimum atomic E-state index is -3.73. The van der Waals surface area contributed by atoms with Crippen molar-refractivity contribution in [3.63, 3.8) is 0 Å². The molecule has 3 rings (SSSR count). The van der Waals surface area contributed by atoms with Crippen molar-refractivity contribution in [1.29, 1.82) is 0 Å². The molecule has 0 saturated carbocycles. The van der Waals surface area contributed by atoms with Crippen molar-refractivity contribution in [2.75, 3.05) is 13.4 Å². The number of hydrogen-bond donors (Lipinski definition) is 0. The summed E-state index contributed by atoms with van der Waals surface area (Å²) in [5.41, 5.74) is 0.681. The minimum absolute atomic E-state index is 0.0629. The van der Waals surface area contributed by atoms with Gasteiger partial charge in [-0.2, -0.15) is 4.98 Å². The summed E-state index contributed by atoms with van der Waals surface area (Å²) in [5, 5.41) is 0.205. The largest absolute Gasteiger partial charge is 0.497 e. The Kier molecular flexibility index (Phi) is 4.64. The fraction of sp³-hybridized carbons (Fsp3) is 0.118. The van der Waals surface area contributed by atoms with E-state index in [1.54, 1.807) is 68.0 Å². The third-order valence-electron chi connectivity index (χ3n) is 3.40. The Balaban J connectivity index is 2.08. The first-order chi connectivity index (χ1) is 11.6. The van der Waals surface area contributed by atoms with Crippen molar-refractivity contribution in [3.8, 4) is 17.2 Å². The number of nitrogens with zero attached hydrogens (tertiary/aromatic N) is 1. The molecule has 0 fully saturated rings. The van der Waals surface area contributed by atoms with Gasteiger partial charge in [0.2, 0.25) is 25.8 Å². The zero-order chi connectivity index (χ0) is 17.2. The van der Waals surface area contributed by atoms with Gasteiger partial charge in [-0.1, -0.05) is 30.0 Å². The third-order valence-corrected chi connectivity index (χ3v) is 5.85. The fourth-order valence-corrected chi connectivity index (χ4v) is 4.32. The highest BCUT2D eigenvalue weighted by molar-refractivity contribution is 7.99. The summed E-state index contributed by atoms with van der Waals surface area (Å²) in [6.07, 6.45) is 1.75. The summed E-state index contributed by atoms with van der Waals surface area (Å²) >= 11 is 1.21. The van der Waals surface area contributed by atoms with E-state index in [0.29, 0.717) is 11.3 Å². The van der Waals surface area contributed by atoms with Crippen LogP contribution < -0.4 is 4.74 Å². The Hall–Kier alpha value is -2.25. The molecule has 0 atom stereocenters. The van der Waals surface area contributed by atoms with Crippen LogP contribution in [0.5, 0.6) is 5.75 Å². The van der Waals surface area contributed by atoms with E-state index in [9.17, 15) is 8.42 Å². The topological polar surface area (TPSA) is 69.4 Å². The van der Waals surface area contributed by atoms with Crippen molar-refractivity contribution in [1.82, 2.24) is 4.98 Å². The van der Waals surface area contributed by atoms with Gasteiger partial charge in [0, 0.05) is 5.56 Å². The molecule has 0 saturated heterocycles. The van der Waals surface area contributed by atoms with Crippen molar-refractivity contribution < 1.29 is 17.6 Å². The molecule has 0 spiro atoms. The molecule has 0 amide bonds. The van der Waals surface area contributed by atoms with E-state index in [4.69, 9.17) is 9.15 Å². The average Bonchev–Trinajstić information content (AvgIpc) is 3.08. The second-order valence-corrected chi connectivity index (χ2v) is 7.50. The summed E-state index contributed by atoms with van der Waals surface area (Å²) in [6.45, 7) is 0. The smallest absolute Gasteiger partial charge is 0.228 e.